The zero-order valence-corrected chi connectivity index (χ0v) is 11.2. The van der Waals surface area contributed by atoms with E-state index in [0.717, 1.165) is 11.3 Å². The molecular formula is C9H10N4O4S2. The van der Waals surface area contributed by atoms with Crippen LogP contribution in [-0.4, -0.2) is 41.0 Å². The van der Waals surface area contributed by atoms with Crippen LogP contribution >= 0.6 is 11.3 Å². The van der Waals surface area contributed by atoms with Crippen molar-refractivity contribution in [2.24, 2.45) is 0 Å². The molecule has 0 atom stereocenters. The number of hydrogen-bond acceptors (Lipinski definition) is 6. The Kier molecular flexibility index (Phi) is 3.93. The van der Waals surface area contributed by atoms with E-state index in [4.69, 9.17) is 5.11 Å². The maximum Gasteiger partial charge on any atom is 0.358 e. The van der Waals surface area contributed by atoms with Crippen LogP contribution in [0, 0.1) is 0 Å². The first-order chi connectivity index (χ1) is 8.99. The molecule has 0 aliphatic heterocycles. The third kappa shape index (κ3) is 3.36. The third-order valence-corrected chi connectivity index (χ3v) is 5.01. The smallest absolute Gasteiger partial charge is 0.358 e. The molecule has 0 radical (unpaired) electrons. The molecule has 19 heavy (non-hydrogen) atoms. The van der Waals surface area contributed by atoms with E-state index in [-0.39, 0.29) is 23.0 Å². The van der Waals surface area contributed by atoms with Crippen LogP contribution in [0.5, 0.6) is 0 Å². The minimum atomic E-state index is -3.51. The van der Waals surface area contributed by atoms with Crippen LogP contribution in [0.1, 0.15) is 10.5 Å². The van der Waals surface area contributed by atoms with E-state index in [1.54, 1.807) is 11.4 Å². The molecule has 0 saturated carbocycles. The van der Waals surface area contributed by atoms with Crippen molar-refractivity contribution >= 4 is 27.3 Å². The molecule has 8 nitrogen and oxygen atoms in total. The lowest BCUT2D eigenvalue weighted by Crippen LogP contribution is -2.27. The van der Waals surface area contributed by atoms with Gasteiger partial charge in [0.2, 0.25) is 10.0 Å². The fraction of sp³-hybridized carbons (Fsp3) is 0.222. The maximum atomic E-state index is 11.8. The van der Waals surface area contributed by atoms with E-state index >= 15 is 0 Å². The highest BCUT2D eigenvalue weighted by Crippen LogP contribution is 2.14. The lowest BCUT2D eigenvalue weighted by molar-refractivity contribution is 0.0690. The fourth-order valence-electron chi connectivity index (χ4n) is 1.29. The Morgan fingerprint density at radius 3 is 2.89 bits per heavy atom. The second-order valence-electron chi connectivity index (χ2n) is 3.50. The predicted molar refractivity (Wildman–Crippen MR) is 66.5 cm³/mol. The first kappa shape index (κ1) is 13.6. The number of sulfonamides is 1. The molecule has 0 saturated heterocycles. The normalized spacial score (nSPS) is 11.6. The molecule has 0 aliphatic rings. The third-order valence-electron chi connectivity index (χ3n) is 2.15. The quantitative estimate of drug-likeness (QED) is 0.777. The van der Waals surface area contributed by atoms with Gasteiger partial charge in [-0.05, 0) is 11.4 Å². The number of rotatable bonds is 6. The van der Waals surface area contributed by atoms with Gasteiger partial charge in [0.15, 0.2) is 5.69 Å². The Balaban J connectivity index is 1.91. The molecule has 0 bridgehead atoms. The molecule has 2 aromatic rings. The molecule has 2 rings (SSSR count). The van der Waals surface area contributed by atoms with E-state index in [0.29, 0.717) is 0 Å². The van der Waals surface area contributed by atoms with Gasteiger partial charge in [-0.3, -0.25) is 4.68 Å². The van der Waals surface area contributed by atoms with Crippen LogP contribution in [-0.2, 0) is 16.6 Å². The number of aromatic carboxylic acids is 1. The highest BCUT2D eigenvalue weighted by atomic mass is 32.2. The topological polar surface area (TPSA) is 114 Å². The van der Waals surface area contributed by atoms with E-state index in [1.807, 2.05) is 0 Å². The second kappa shape index (κ2) is 5.47. The molecule has 102 valence electrons. The summed E-state index contributed by atoms with van der Waals surface area (Å²) in [5.41, 5.74) is -0.180. The number of carbonyl (C=O) groups is 1. The largest absolute Gasteiger partial charge is 0.476 e. The number of aromatic nitrogens is 3. The highest BCUT2D eigenvalue weighted by Gasteiger charge is 2.14. The van der Waals surface area contributed by atoms with Crippen molar-refractivity contribution in [3.63, 3.8) is 0 Å². The van der Waals surface area contributed by atoms with Gasteiger partial charge in [0, 0.05) is 6.54 Å². The van der Waals surface area contributed by atoms with E-state index < -0.39 is 16.0 Å². The lowest BCUT2D eigenvalue weighted by Gasteiger charge is -2.04. The molecule has 2 N–H and O–H groups in total. The first-order valence-corrected chi connectivity index (χ1v) is 7.52. The van der Waals surface area contributed by atoms with Gasteiger partial charge >= 0.3 is 5.97 Å². The van der Waals surface area contributed by atoms with Crippen molar-refractivity contribution in [2.45, 2.75) is 10.8 Å². The predicted octanol–water partition coefficient (Wildman–Crippen LogP) is 0.0163. The monoisotopic (exact) mass is 302 g/mol. The number of nitrogens with one attached hydrogen (secondary N) is 1. The molecule has 0 unspecified atom stereocenters. The SMILES string of the molecule is O=C(O)c1cn(CCNS(=O)(=O)c2cccs2)nn1. The van der Waals surface area contributed by atoms with Gasteiger partial charge in [-0.1, -0.05) is 11.3 Å². The van der Waals surface area contributed by atoms with Crippen molar-refractivity contribution in [3.8, 4) is 0 Å². The number of carboxylic acid groups (broad SMARTS) is 1. The Bertz CT molecular complexity index is 662. The summed E-state index contributed by atoms with van der Waals surface area (Å²) in [7, 11) is -3.51. The average Bonchev–Trinajstić information content (AvgIpc) is 3.00. The number of thiophene rings is 1. The van der Waals surface area contributed by atoms with Gasteiger partial charge in [0.25, 0.3) is 0 Å². The summed E-state index contributed by atoms with van der Waals surface area (Å²) in [5, 5.41) is 17.3. The Morgan fingerprint density at radius 1 is 1.53 bits per heavy atom. The number of nitrogens with zero attached hydrogens (tertiary/aromatic N) is 3. The Hall–Kier alpha value is -1.78. The van der Waals surface area contributed by atoms with E-state index in [2.05, 4.69) is 15.0 Å². The van der Waals surface area contributed by atoms with E-state index in [9.17, 15) is 13.2 Å². The maximum absolute atomic E-state index is 11.8. The van der Waals surface area contributed by atoms with Gasteiger partial charge in [-0.2, -0.15) is 0 Å². The first-order valence-electron chi connectivity index (χ1n) is 5.15. The van der Waals surface area contributed by atoms with Crippen molar-refractivity contribution in [2.75, 3.05) is 6.54 Å². The van der Waals surface area contributed by atoms with Crippen LogP contribution in [0.25, 0.3) is 0 Å². The van der Waals surface area contributed by atoms with Gasteiger partial charge in [-0.15, -0.1) is 16.4 Å². The van der Waals surface area contributed by atoms with Crippen molar-refractivity contribution < 1.29 is 18.3 Å². The molecular weight excluding hydrogens is 292 g/mol. The minimum absolute atomic E-state index is 0.0999. The van der Waals surface area contributed by atoms with Gasteiger partial charge in [0.1, 0.15) is 4.21 Å². The van der Waals surface area contributed by atoms with Crippen LogP contribution in [0.15, 0.2) is 27.9 Å². The molecule has 0 fully saturated rings. The van der Waals surface area contributed by atoms with E-state index in [1.165, 1.54) is 16.9 Å². The molecule has 0 amide bonds. The molecule has 2 aromatic heterocycles. The number of hydrogen-bond donors (Lipinski definition) is 2. The summed E-state index contributed by atoms with van der Waals surface area (Å²) in [6.07, 6.45) is 1.24. The summed E-state index contributed by atoms with van der Waals surface area (Å²) < 4.78 is 27.4. The summed E-state index contributed by atoms with van der Waals surface area (Å²) in [6.45, 7) is 0.299. The van der Waals surface area contributed by atoms with Crippen LogP contribution in [0.4, 0.5) is 0 Å². The highest BCUT2D eigenvalue weighted by molar-refractivity contribution is 7.91. The van der Waals surface area contributed by atoms with Crippen LogP contribution in [0.3, 0.4) is 0 Å². The Labute approximate surface area is 112 Å². The summed E-state index contributed by atoms with van der Waals surface area (Å²) >= 11 is 1.12. The average molecular weight is 302 g/mol. The molecule has 0 spiro atoms. The van der Waals surface area contributed by atoms with Gasteiger partial charge < -0.3 is 5.11 Å². The van der Waals surface area contributed by atoms with Crippen LogP contribution < -0.4 is 4.72 Å². The minimum Gasteiger partial charge on any atom is -0.476 e. The molecule has 0 aliphatic carbocycles. The second-order valence-corrected chi connectivity index (χ2v) is 6.44. The molecule has 2 heterocycles. The Morgan fingerprint density at radius 2 is 2.32 bits per heavy atom. The molecule has 10 heteroatoms. The van der Waals surface area contributed by atoms with Crippen molar-refractivity contribution in [1.29, 1.82) is 0 Å². The van der Waals surface area contributed by atoms with Crippen molar-refractivity contribution in [3.05, 3.63) is 29.4 Å². The van der Waals surface area contributed by atoms with Crippen molar-refractivity contribution in [1.82, 2.24) is 19.7 Å². The van der Waals surface area contributed by atoms with Crippen LogP contribution in [0.2, 0.25) is 0 Å². The standard InChI is InChI=1S/C9H10N4O4S2/c14-9(15)7-6-13(12-11-7)4-3-10-19(16,17)8-2-1-5-18-8/h1-2,5-6,10H,3-4H2,(H,14,15). The summed E-state index contributed by atoms with van der Waals surface area (Å²) in [4.78, 5) is 10.6. The summed E-state index contributed by atoms with van der Waals surface area (Å²) in [6, 6.07) is 3.15. The van der Waals surface area contributed by atoms with Gasteiger partial charge in [0.05, 0.1) is 12.7 Å². The lowest BCUT2D eigenvalue weighted by atomic mass is 10.5. The zero-order valence-electron chi connectivity index (χ0n) is 9.55. The summed E-state index contributed by atoms with van der Waals surface area (Å²) in [5.74, 6) is -1.18. The number of carboxylic acids is 1. The fourth-order valence-corrected chi connectivity index (χ4v) is 3.35. The van der Waals surface area contributed by atoms with Gasteiger partial charge in [-0.25, -0.2) is 17.9 Å². The molecule has 0 aromatic carbocycles. The zero-order chi connectivity index (χ0) is 13.9.